The summed E-state index contributed by atoms with van der Waals surface area (Å²) in [6.07, 6.45) is 0. The SMILES string of the molecule is CCN(CC)c1ccc(Nc2nc(C)cc(=O)[nH]2)cc1. The highest BCUT2D eigenvalue weighted by molar-refractivity contribution is 5.59. The van der Waals surface area contributed by atoms with E-state index >= 15 is 0 Å². The molecule has 0 spiro atoms. The van der Waals surface area contributed by atoms with Crippen LogP contribution >= 0.6 is 0 Å². The Hall–Kier alpha value is -2.30. The zero-order valence-electron chi connectivity index (χ0n) is 12.1. The summed E-state index contributed by atoms with van der Waals surface area (Å²) < 4.78 is 0. The Morgan fingerprint density at radius 3 is 2.40 bits per heavy atom. The molecule has 1 heterocycles. The topological polar surface area (TPSA) is 61.0 Å². The summed E-state index contributed by atoms with van der Waals surface area (Å²) in [5.74, 6) is 0.464. The third-order valence-electron chi connectivity index (χ3n) is 3.13. The van der Waals surface area contributed by atoms with E-state index in [0.717, 1.165) is 18.8 Å². The van der Waals surface area contributed by atoms with Gasteiger partial charge in [-0.2, -0.15) is 0 Å². The highest BCUT2D eigenvalue weighted by Crippen LogP contribution is 2.19. The van der Waals surface area contributed by atoms with E-state index in [1.807, 2.05) is 12.1 Å². The Kier molecular flexibility index (Phi) is 4.40. The number of benzene rings is 1. The molecule has 2 aromatic rings. The van der Waals surface area contributed by atoms with Gasteiger partial charge in [0.05, 0.1) is 0 Å². The van der Waals surface area contributed by atoms with Crippen molar-refractivity contribution < 1.29 is 0 Å². The molecule has 0 aliphatic rings. The monoisotopic (exact) mass is 272 g/mol. The molecule has 20 heavy (non-hydrogen) atoms. The van der Waals surface area contributed by atoms with Crippen molar-refractivity contribution >= 4 is 17.3 Å². The number of H-pyrrole nitrogens is 1. The molecule has 1 aromatic carbocycles. The first-order valence-electron chi connectivity index (χ1n) is 6.82. The Bertz CT molecular complexity index is 615. The van der Waals surface area contributed by atoms with Crippen molar-refractivity contribution in [3.63, 3.8) is 0 Å². The number of aryl methyl sites for hydroxylation is 1. The van der Waals surface area contributed by atoms with Crippen molar-refractivity contribution in [2.75, 3.05) is 23.3 Å². The minimum absolute atomic E-state index is 0.153. The van der Waals surface area contributed by atoms with Gasteiger partial charge in [0.15, 0.2) is 0 Å². The summed E-state index contributed by atoms with van der Waals surface area (Å²) in [5, 5.41) is 3.10. The summed E-state index contributed by atoms with van der Waals surface area (Å²) in [6, 6.07) is 9.55. The smallest absolute Gasteiger partial charge is 0.252 e. The molecule has 106 valence electrons. The van der Waals surface area contributed by atoms with Crippen LogP contribution in [0.5, 0.6) is 0 Å². The molecule has 1 aromatic heterocycles. The molecule has 0 amide bonds. The number of nitrogens with zero attached hydrogens (tertiary/aromatic N) is 2. The van der Waals surface area contributed by atoms with Crippen molar-refractivity contribution in [1.29, 1.82) is 0 Å². The van der Waals surface area contributed by atoms with Crippen molar-refractivity contribution in [3.05, 3.63) is 46.4 Å². The summed E-state index contributed by atoms with van der Waals surface area (Å²) in [4.78, 5) is 20.6. The molecule has 0 bridgehead atoms. The Balaban J connectivity index is 2.16. The van der Waals surface area contributed by atoms with E-state index in [4.69, 9.17) is 0 Å². The molecule has 5 heteroatoms. The highest BCUT2D eigenvalue weighted by atomic mass is 16.1. The first kappa shape index (κ1) is 14.1. The molecule has 0 saturated heterocycles. The van der Waals surface area contributed by atoms with E-state index in [9.17, 15) is 4.79 Å². The van der Waals surface area contributed by atoms with E-state index in [1.165, 1.54) is 11.8 Å². The molecule has 0 radical (unpaired) electrons. The van der Waals surface area contributed by atoms with Gasteiger partial charge in [-0.25, -0.2) is 4.98 Å². The number of aromatic amines is 1. The normalized spacial score (nSPS) is 10.3. The van der Waals surface area contributed by atoms with E-state index in [0.29, 0.717) is 11.6 Å². The molecular formula is C15H20N4O. The van der Waals surface area contributed by atoms with Gasteiger partial charge in [0.25, 0.3) is 5.56 Å². The van der Waals surface area contributed by atoms with Gasteiger partial charge in [-0.1, -0.05) is 0 Å². The van der Waals surface area contributed by atoms with E-state index in [1.54, 1.807) is 6.92 Å². The second-order valence-electron chi connectivity index (χ2n) is 4.58. The van der Waals surface area contributed by atoms with Gasteiger partial charge in [-0.15, -0.1) is 0 Å². The lowest BCUT2D eigenvalue weighted by Gasteiger charge is -2.21. The highest BCUT2D eigenvalue weighted by Gasteiger charge is 2.02. The zero-order valence-corrected chi connectivity index (χ0v) is 12.1. The van der Waals surface area contributed by atoms with E-state index in [-0.39, 0.29) is 5.56 Å². The minimum Gasteiger partial charge on any atom is -0.372 e. The maximum absolute atomic E-state index is 11.4. The van der Waals surface area contributed by atoms with Gasteiger partial charge in [-0.05, 0) is 45.0 Å². The van der Waals surface area contributed by atoms with E-state index in [2.05, 4.69) is 46.2 Å². The number of anilines is 3. The number of nitrogens with one attached hydrogen (secondary N) is 2. The molecular weight excluding hydrogens is 252 g/mol. The van der Waals surface area contributed by atoms with Crippen LogP contribution in [0, 0.1) is 6.92 Å². The lowest BCUT2D eigenvalue weighted by atomic mass is 10.2. The molecule has 2 N–H and O–H groups in total. The number of aromatic nitrogens is 2. The first-order valence-corrected chi connectivity index (χ1v) is 6.82. The van der Waals surface area contributed by atoms with E-state index < -0.39 is 0 Å². The maximum atomic E-state index is 11.4. The Morgan fingerprint density at radius 1 is 1.20 bits per heavy atom. The molecule has 5 nitrogen and oxygen atoms in total. The fourth-order valence-corrected chi connectivity index (χ4v) is 2.12. The Morgan fingerprint density at radius 2 is 1.85 bits per heavy atom. The van der Waals surface area contributed by atoms with Crippen molar-refractivity contribution in [3.8, 4) is 0 Å². The average Bonchev–Trinajstić information content (AvgIpc) is 2.41. The van der Waals surface area contributed by atoms with Crippen LogP contribution < -0.4 is 15.8 Å². The maximum Gasteiger partial charge on any atom is 0.252 e. The quantitative estimate of drug-likeness (QED) is 0.878. The van der Waals surface area contributed by atoms with Crippen LogP contribution in [0.1, 0.15) is 19.5 Å². The second kappa shape index (κ2) is 6.23. The van der Waals surface area contributed by atoms with Crippen LogP contribution in [0.2, 0.25) is 0 Å². The summed E-state index contributed by atoms with van der Waals surface area (Å²) >= 11 is 0. The fourth-order valence-electron chi connectivity index (χ4n) is 2.12. The lowest BCUT2D eigenvalue weighted by Crippen LogP contribution is -2.21. The Labute approximate surface area is 118 Å². The van der Waals surface area contributed by atoms with Crippen molar-refractivity contribution in [2.45, 2.75) is 20.8 Å². The summed E-state index contributed by atoms with van der Waals surface area (Å²) in [5.41, 5.74) is 2.62. The molecule has 0 aliphatic carbocycles. The third-order valence-corrected chi connectivity index (χ3v) is 3.13. The first-order chi connectivity index (χ1) is 9.62. The van der Waals surface area contributed by atoms with Crippen LogP contribution in [-0.2, 0) is 0 Å². The standard InChI is InChI=1S/C15H20N4O/c1-4-19(5-2)13-8-6-12(7-9-13)17-15-16-11(3)10-14(20)18-15/h6-10H,4-5H2,1-3H3,(H2,16,17,18,20). The molecule has 0 saturated carbocycles. The predicted octanol–water partition coefficient (Wildman–Crippen LogP) is 2.67. The van der Waals surface area contributed by atoms with Crippen molar-refractivity contribution in [1.82, 2.24) is 9.97 Å². The molecule has 0 atom stereocenters. The predicted molar refractivity (Wildman–Crippen MR) is 82.9 cm³/mol. The zero-order chi connectivity index (χ0) is 14.5. The van der Waals surface area contributed by atoms with Crippen molar-refractivity contribution in [2.24, 2.45) is 0 Å². The largest absolute Gasteiger partial charge is 0.372 e. The fraction of sp³-hybridized carbons (Fsp3) is 0.333. The molecule has 2 rings (SSSR count). The minimum atomic E-state index is -0.153. The van der Waals surface area contributed by atoms with Gasteiger partial charge in [0.2, 0.25) is 5.95 Å². The summed E-state index contributed by atoms with van der Waals surface area (Å²) in [7, 11) is 0. The number of hydrogen-bond donors (Lipinski definition) is 2. The number of rotatable bonds is 5. The van der Waals surface area contributed by atoms with Crippen LogP contribution in [0.25, 0.3) is 0 Å². The van der Waals surface area contributed by atoms with Crippen LogP contribution in [0.3, 0.4) is 0 Å². The van der Waals surface area contributed by atoms with Gasteiger partial charge in [0, 0.05) is 36.2 Å². The molecule has 0 unspecified atom stereocenters. The van der Waals surface area contributed by atoms with Gasteiger partial charge >= 0.3 is 0 Å². The lowest BCUT2D eigenvalue weighted by molar-refractivity contribution is 0.866. The van der Waals surface area contributed by atoms with Gasteiger partial charge in [0.1, 0.15) is 0 Å². The summed E-state index contributed by atoms with van der Waals surface area (Å²) in [6.45, 7) is 8.03. The average molecular weight is 272 g/mol. The van der Waals surface area contributed by atoms with Gasteiger partial charge in [-0.3, -0.25) is 9.78 Å². The second-order valence-corrected chi connectivity index (χ2v) is 4.58. The van der Waals surface area contributed by atoms with Crippen LogP contribution in [0.15, 0.2) is 35.1 Å². The molecule has 0 fully saturated rings. The van der Waals surface area contributed by atoms with Gasteiger partial charge < -0.3 is 10.2 Å². The van der Waals surface area contributed by atoms with Crippen LogP contribution in [0.4, 0.5) is 17.3 Å². The number of hydrogen-bond acceptors (Lipinski definition) is 4. The molecule has 0 aliphatic heterocycles. The third kappa shape index (κ3) is 3.38. The van der Waals surface area contributed by atoms with Crippen LogP contribution in [-0.4, -0.2) is 23.1 Å².